The zero-order chi connectivity index (χ0) is 25.0. The molecule has 3 rings (SSSR count). The van der Waals surface area contributed by atoms with Crippen molar-refractivity contribution in [2.75, 3.05) is 23.3 Å². The predicted molar refractivity (Wildman–Crippen MR) is 133 cm³/mol. The van der Waals surface area contributed by atoms with Crippen LogP contribution in [0, 0.1) is 20.8 Å². The summed E-state index contributed by atoms with van der Waals surface area (Å²) in [4.78, 5) is 24.9. The highest BCUT2D eigenvalue weighted by molar-refractivity contribution is 7.92. The molecular formula is C25H25ClN2O5S. The van der Waals surface area contributed by atoms with Crippen molar-refractivity contribution in [2.24, 2.45) is 0 Å². The van der Waals surface area contributed by atoms with Crippen LogP contribution in [0.2, 0.25) is 5.02 Å². The molecule has 0 spiro atoms. The van der Waals surface area contributed by atoms with Crippen LogP contribution in [0.4, 0.5) is 11.4 Å². The number of nitrogens with zero attached hydrogens (tertiary/aromatic N) is 1. The van der Waals surface area contributed by atoms with E-state index in [0.717, 1.165) is 21.0 Å². The fourth-order valence-electron chi connectivity index (χ4n) is 3.45. The van der Waals surface area contributed by atoms with Gasteiger partial charge in [-0.25, -0.2) is 13.2 Å². The number of rotatable bonds is 7. The SMILES string of the molecule is COC(=O)c1cc(NC(=O)CN(c2cc(C)cc(C)c2)S(=O)(=O)c2ccc(C)cc2)ccc1Cl. The standard InChI is InChI=1S/C25H25ClN2O5S/c1-16-5-8-21(9-6-16)34(31,32)28(20-12-17(2)11-18(3)13-20)15-24(29)27-19-7-10-23(26)22(14-19)25(30)33-4/h5-14H,15H2,1-4H3,(H,27,29). The van der Waals surface area contributed by atoms with Crippen LogP contribution in [-0.2, 0) is 19.6 Å². The van der Waals surface area contributed by atoms with E-state index in [1.54, 1.807) is 24.3 Å². The minimum atomic E-state index is -4.05. The highest BCUT2D eigenvalue weighted by atomic mass is 35.5. The molecule has 3 aromatic carbocycles. The summed E-state index contributed by atoms with van der Waals surface area (Å²) in [6.45, 7) is 5.10. The largest absolute Gasteiger partial charge is 0.465 e. The molecule has 0 aliphatic heterocycles. The molecule has 3 aromatic rings. The summed E-state index contributed by atoms with van der Waals surface area (Å²) in [5, 5.41) is 2.81. The molecule has 0 aliphatic carbocycles. The van der Waals surface area contributed by atoms with Crippen LogP contribution >= 0.6 is 11.6 Å². The van der Waals surface area contributed by atoms with Crippen molar-refractivity contribution in [3.63, 3.8) is 0 Å². The summed E-state index contributed by atoms with van der Waals surface area (Å²) in [5.41, 5.74) is 3.38. The minimum absolute atomic E-state index is 0.0736. The minimum Gasteiger partial charge on any atom is -0.465 e. The Morgan fingerprint density at radius 2 is 1.53 bits per heavy atom. The lowest BCUT2D eigenvalue weighted by Crippen LogP contribution is -2.38. The van der Waals surface area contributed by atoms with Crippen molar-refractivity contribution >= 4 is 44.9 Å². The van der Waals surface area contributed by atoms with E-state index >= 15 is 0 Å². The summed E-state index contributed by atoms with van der Waals surface area (Å²) < 4.78 is 32.9. The topological polar surface area (TPSA) is 92.8 Å². The van der Waals surface area contributed by atoms with Gasteiger partial charge in [0.1, 0.15) is 6.54 Å². The molecule has 0 fully saturated rings. The maximum Gasteiger partial charge on any atom is 0.339 e. The number of aryl methyl sites for hydroxylation is 3. The Labute approximate surface area is 204 Å². The van der Waals surface area contributed by atoms with Crippen molar-refractivity contribution in [2.45, 2.75) is 25.7 Å². The smallest absolute Gasteiger partial charge is 0.339 e. The van der Waals surface area contributed by atoms with Gasteiger partial charge in [0.2, 0.25) is 5.91 Å². The molecule has 0 saturated carbocycles. The molecule has 0 aliphatic rings. The number of nitrogens with one attached hydrogen (secondary N) is 1. The first-order valence-corrected chi connectivity index (χ1v) is 12.2. The van der Waals surface area contributed by atoms with E-state index in [-0.39, 0.29) is 21.2 Å². The Kier molecular flexibility index (Phi) is 7.64. The fraction of sp³-hybridized carbons (Fsp3) is 0.200. The second-order valence-electron chi connectivity index (χ2n) is 7.91. The van der Waals surface area contributed by atoms with Crippen molar-refractivity contribution in [3.8, 4) is 0 Å². The zero-order valence-corrected chi connectivity index (χ0v) is 20.8. The third-order valence-corrected chi connectivity index (χ3v) is 7.16. The Bertz CT molecular complexity index is 1320. The quantitative estimate of drug-likeness (QED) is 0.466. The van der Waals surface area contributed by atoms with Gasteiger partial charge in [-0.3, -0.25) is 9.10 Å². The van der Waals surface area contributed by atoms with Crippen molar-refractivity contribution in [1.82, 2.24) is 0 Å². The molecule has 9 heteroatoms. The van der Waals surface area contributed by atoms with Gasteiger partial charge in [0.05, 0.1) is 28.3 Å². The number of hydrogen-bond acceptors (Lipinski definition) is 5. The number of ether oxygens (including phenoxy) is 1. The lowest BCUT2D eigenvalue weighted by molar-refractivity contribution is -0.114. The first kappa shape index (κ1) is 25.3. The second kappa shape index (κ2) is 10.3. The van der Waals surface area contributed by atoms with Crippen molar-refractivity contribution in [3.05, 3.63) is 87.9 Å². The molecular weight excluding hydrogens is 476 g/mol. The molecule has 7 nitrogen and oxygen atoms in total. The van der Waals surface area contributed by atoms with Crippen molar-refractivity contribution < 1.29 is 22.7 Å². The summed E-state index contributed by atoms with van der Waals surface area (Å²) in [6, 6.07) is 16.1. The highest BCUT2D eigenvalue weighted by Crippen LogP contribution is 2.27. The molecule has 0 radical (unpaired) electrons. The Balaban J connectivity index is 1.97. The van der Waals surface area contributed by atoms with E-state index in [1.165, 1.54) is 37.4 Å². The highest BCUT2D eigenvalue weighted by Gasteiger charge is 2.28. The maximum atomic E-state index is 13.5. The van der Waals surface area contributed by atoms with Crippen LogP contribution in [0.5, 0.6) is 0 Å². The predicted octanol–water partition coefficient (Wildman–Crippen LogP) is 4.89. The van der Waals surface area contributed by atoms with E-state index < -0.39 is 28.4 Å². The molecule has 0 bridgehead atoms. The van der Waals surface area contributed by atoms with E-state index in [0.29, 0.717) is 5.69 Å². The van der Waals surface area contributed by atoms with Crippen LogP contribution in [0.15, 0.2) is 65.6 Å². The normalized spacial score (nSPS) is 11.1. The molecule has 34 heavy (non-hydrogen) atoms. The van der Waals surface area contributed by atoms with E-state index in [4.69, 9.17) is 16.3 Å². The van der Waals surface area contributed by atoms with Gasteiger partial charge in [-0.1, -0.05) is 35.4 Å². The third-order valence-electron chi connectivity index (χ3n) is 5.05. The third kappa shape index (κ3) is 5.76. The molecule has 0 saturated heterocycles. The first-order valence-electron chi connectivity index (χ1n) is 10.4. The number of carbonyl (C=O) groups is 2. The van der Waals surface area contributed by atoms with Gasteiger partial charge in [0.15, 0.2) is 0 Å². The van der Waals surface area contributed by atoms with E-state index in [9.17, 15) is 18.0 Å². The van der Waals surface area contributed by atoms with Crippen LogP contribution in [0.1, 0.15) is 27.0 Å². The number of anilines is 2. The van der Waals surface area contributed by atoms with Crippen LogP contribution < -0.4 is 9.62 Å². The summed E-state index contributed by atoms with van der Waals surface area (Å²) in [6.07, 6.45) is 0. The van der Waals surface area contributed by atoms with Gasteiger partial charge in [0.25, 0.3) is 10.0 Å². The summed E-state index contributed by atoms with van der Waals surface area (Å²) >= 11 is 6.04. The fourth-order valence-corrected chi connectivity index (χ4v) is 5.05. The van der Waals surface area contributed by atoms with Gasteiger partial charge in [-0.15, -0.1) is 0 Å². The van der Waals surface area contributed by atoms with E-state index in [2.05, 4.69) is 5.32 Å². The number of carbonyl (C=O) groups excluding carboxylic acids is 2. The van der Waals surface area contributed by atoms with Crippen LogP contribution in [0.3, 0.4) is 0 Å². The van der Waals surface area contributed by atoms with Gasteiger partial charge < -0.3 is 10.1 Å². The average Bonchev–Trinajstić information content (AvgIpc) is 2.77. The van der Waals surface area contributed by atoms with Crippen LogP contribution in [-0.4, -0.2) is 33.9 Å². The molecule has 0 unspecified atom stereocenters. The molecule has 0 heterocycles. The number of hydrogen-bond donors (Lipinski definition) is 1. The van der Waals surface area contributed by atoms with Gasteiger partial charge >= 0.3 is 5.97 Å². The first-order chi connectivity index (χ1) is 16.0. The van der Waals surface area contributed by atoms with Gasteiger partial charge in [0, 0.05) is 5.69 Å². The molecule has 0 aromatic heterocycles. The second-order valence-corrected chi connectivity index (χ2v) is 10.2. The number of methoxy groups -OCH3 is 1. The summed E-state index contributed by atoms with van der Waals surface area (Å²) in [5.74, 6) is -1.24. The average molecular weight is 501 g/mol. The van der Waals surface area contributed by atoms with E-state index in [1.807, 2.05) is 26.8 Å². The zero-order valence-electron chi connectivity index (χ0n) is 19.3. The molecule has 1 amide bonds. The monoisotopic (exact) mass is 500 g/mol. The molecule has 0 atom stereocenters. The summed E-state index contributed by atoms with van der Waals surface area (Å²) in [7, 11) is -2.82. The lowest BCUT2D eigenvalue weighted by Gasteiger charge is -2.25. The van der Waals surface area contributed by atoms with Gasteiger partial charge in [-0.2, -0.15) is 0 Å². The van der Waals surface area contributed by atoms with Crippen LogP contribution in [0.25, 0.3) is 0 Å². The maximum absolute atomic E-state index is 13.5. The molecule has 178 valence electrons. The van der Waals surface area contributed by atoms with Gasteiger partial charge in [-0.05, 0) is 74.4 Å². The molecule has 1 N–H and O–H groups in total. The lowest BCUT2D eigenvalue weighted by atomic mass is 10.1. The Morgan fingerprint density at radius 1 is 0.912 bits per heavy atom. The number of halogens is 1. The Hall–Kier alpha value is -3.36. The number of amides is 1. The number of sulfonamides is 1. The number of benzene rings is 3. The number of esters is 1. The van der Waals surface area contributed by atoms with Crippen molar-refractivity contribution in [1.29, 1.82) is 0 Å². The Morgan fingerprint density at radius 3 is 2.12 bits per heavy atom.